The zero-order chi connectivity index (χ0) is 21.6. The Labute approximate surface area is 180 Å². The van der Waals surface area contributed by atoms with Crippen molar-refractivity contribution in [2.24, 2.45) is 5.92 Å². The molecule has 1 spiro atoms. The van der Waals surface area contributed by atoms with E-state index < -0.39 is 0 Å². The maximum absolute atomic E-state index is 12.3. The summed E-state index contributed by atoms with van der Waals surface area (Å²) >= 11 is 0. The molecule has 2 saturated heterocycles. The van der Waals surface area contributed by atoms with Crippen molar-refractivity contribution in [3.8, 4) is 5.75 Å². The van der Waals surface area contributed by atoms with Gasteiger partial charge in [-0.05, 0) is 55.7 Å². The van der Waals surface area contributed by atoms with Crippen molar-refractivity contribution >= 4 is 11.8 Å². The van der Waals surface area contributed by atoms with E-state index in [4.69, 9.17) is 9.47 Å². The van der Waals surface area contributed by atoms with Crippen molar-refractivity contribution in [2.45, 2.75) is 70.5 Å². The first-order chi connectivity index (χ1) is 14.4. The lowest BCUT2D eigenvalue weighted by molar-refractivity contribution is -0.138. The second-order valence-electron chi connectivity index (χ2n) is 9.09. The number of amides is 2. The lowest BCUT2D eigenvalue weighted by Gasteiger charge is -2.39. The molecule has 166 valence electrons. The maximum Gasteiger partial charge on any atom is 0.222 e. The van der Waals surface area contributed by atoms with Gasteiger partial charge < -0.3 is 19.7 Å². The van der Waals surface area contributed by atoms with Crippen LogP contribution in [0.3, 0.4) is 0 Å². The zero-order valence-corrected chi connectivity index (χ0v) is 18.6. The Morgan fingerprint density at radius 3 is 2.53 bits per heavy atom. The summed E-state index contributed by atoms with van der Waals surface area (Å²) in [5, 5.41) is 3.03. The molecule has 0 bridgehead atoms. The highest BCUT2D eigenvalue weighted by molar-refractivity contribution is 5.76. The first-order valence-electron chi connectivity index (χ1n) is 11.2. The Bertz CT molecular complexity index is 708. The van der Waals surface area contributed by atoms with Gasteiger partial charge in [-0.3, -0.25) is 9.59 Å². The van der Waals surface area contributed by atoms with Crippen LogP contribution in [0.2, 0.25) is 0 Å². The molecule has 30 heavy (non-hydrogen) atoms. The van der Waals surface area contributed by atoms with Crippen molar-refractivity contribution in [2.75, 3.05) is 26.7 Å². The number of hydrogen-bond donors (Lipinski definition) is 1. The molecule has 6 heteroatoms. The second kappa shape index (κ2) is 10.3. The molecule has 2 heterocycles. The molecular weight excluding hydrogens is 380 g/mol. The molecule has 2 amide bonds. The minimum atomic E-state index is -0.104. The fraction of sp³-hybridized carbons (Fsp3) is 0.667. The normalized spacial score (nSPS) is 20.5. The number of carbonyl (C=O) groups is 2. The third-order valence-corrected chi connectivity index (χ3v) is 6.28. The van der Waals surface area contributed by atoms with E-state index in [9.17, 15) is 9.59 Å². The average molecular weight is 417 g/mol. The highest BCUT2D eigenvalue weighted by Gasteiger charge is 2.43. The van der Waals surface area contributed by atoms with Gasteiger partial charge in [-0.25, -0.2) is 0 Å². The molecule has 2 aliphatic rings. The van der Waals surface area contributed by atoms with Crippen molar-refractivity contribution in [3.63, 3.8) is 0 Å². The van der Waals surface area contributed by atoms with E-state index in [1.807, 2.05) is 29.2 Å². The van der Waals surface area contributed by atoms with Gasteiger partial charge in [0.25, 0.3) is 0 Å². The summed E-state index contributed by atoms with van der Waals surface area (Å²) in [6.45, 7) is 6.30. The van der Waals surface area contributed by atoms with Crippen molar-refractivity contribution in [1.82, 2.24) is 10.2 Å². The van der Waals surface area contributed by atoms with Gasteiger partial charge in [0.2, 0.25) is 11.8 Å². The van der Waals surface area contributed by atoms with E-state index in [1.54, 1.807) is 7.11 Å². The molecule has 3 rings (SSSR count). The lowest BCUT2D eigenvalue weighted by Crippen LogP contribution is -2.47. The predicted molar refractivity (Wildman–Crippen MR) is 116 cm³/mol. The molecular formula is C24H36N2O4. The molecule has 6 nitrogen and oxygen atoms in total. The van der Waals surface area contributed by atoms with Gasteiger partial charge in [-0.2, -0.15) is 0 Å². The molecule has 1 aromatic carbocycles. The van der Waals surface area contributed by atoms with E-state index in [0.717, 1.165) is 50.1 Å². The number of nitrogens with one attached hydrogen (secondary N) is 1. The SMILES string of the molecule is COc1ccc(CCC(=O)NC[C@@H]2CCC3(CCN(C(=O)CC(C)C)CC3)O2)cc1. The number of methoxy groups -OCH3 is 1. The van der Waals surface area contributed by atoms with Crippen LogP contribution in [0.1, 0.15) is 57.9 Å². The molecule has 0 radical (unpaired) electrons. The van der Waals surface area contributed by atoms with Crippen LogP contribution in [0.15, 0.2) is 24.3 Å². The summed E-state index contributed by atoms with van der Waals surface area (Å²) < 4.78 is 11.5. The van der Waals surface area contributed by atoms with Crippen LogP contribution in [0.4, 0.5) is 0 Å². The van der Waals surface area contributed by atoms with E-state index in [2.05, 4.69) is 19.2 Å². The van der Waals surface area contributed by atoms with Gasteiger partial charge in [0.05, 0.1) is 18.8 Å². The summed E-state index contributed by atoms with van der Waals surface area (Å²) in [6.07, 6.45) is 5.68. The number of nitrogens with zero attached hydrogens (tertiary/aromatic N) is 1. The summed E-state index contributed by atoms with van der Waals surface area (Å²) in [5.41, 5.74) is 1.02. The third kappa shape index (κ3) is 6.21. The minimum absolute atomic E-state index is 0.0597. The van der Waals surface area contributed by atoms with Gasteiger partial charge >= 0.3 is 0 Å². The van der Waals surface area contributed by atoms with Crippen LogP contribution in [0, 0.1) is 5.92 Å². The topological polar surface area (TPSA) is 67.9 Å². The van der Waals surface area contributed by atoms with Crippen molar-refractivity contribution < 1.29 is 19.1 Å². The molecule has 0 unspecified atom stereocenters. The van der Waals surface area contributed by atoms with Crippen LogP contribution in [0.5, 0.6) is 5.75 Å². The first kappa shape index (κ1) is 22.6. The quantitative estimate of drug-likeness (QED) is 0.706. The van der Waals surface area contributed by atoms with Crippen LogP contribution < -0.4 is 10.1 Å². The monoisotopic (exact) mass is 416 g/mol. The summed E-state index contributed by atoms with van der Waals surface area (Å²) in [7, 11) is 1.65. The molecule has 1 atom stereocenters. The van der Waals surface area contributed by atoms with Crippen LogP contribution in [0.25, 0.3) is 0 Å². The largest absolute Gasteiger partial charge is 0.497 e. The van der Waals surface area contributed by atoms with Gasteiger partial charge in [-0.1, -0.05) is 26.0 Å². The highest BCUT2D eigenvalue weighted by Crippen LogP contribution is 2.38. The van der Waals surface area contributed by atoms with Gasteiger partial charge in [0.1, 0.15) is 5.75 Å². The summed E-state index contributed by atoms with van der Waals surface area (Å²) in [5.74, 6) is 1.54. The average Bonchev–Trinajstić information content (AvgIpc) is 3.13. The van der Waals surface area contributed by atoms with Crippen LogP contribution in [-0.4, -0.2) is 55.2 Å². The number of carbonyl (C=O) groups excluding carboxylic acids is 2. The number of hydrogen-bond acceptors (Lipinski definition) is 4. The first-order valence-corrected chi connectivity index (χ1v) is 11.2. The van der Waals surface area contributed by atoms with E-state index in [0.29, 0.717) is 31.7 Å². The number of likely N-dealkylation sites (tertiary alicyclic amines) is 1. The molecule has 2 fully saturated rings. The van der Waals surface area contributed by atoms with Gasteiger partial charge in [-0.15, -0.1) is 0 Å². The zero-order valence-electron chi connectivity index (χ0n) is 18.6. The Morgan fingerprint density at radius 1 is 1.20 bits per heavy atom. The van der Waals surface area contributed by atoms with Crippen LogP contribution >= 0.6 is 0 Å². The predicted octanol–water partition coefficient (Wildman–Crippen LogP) is 3.33. The summed E-state index contributed by atoms with van der Waals surface area (Å²) in [6, 6.07) is 7.82. The Hall–Kier alpha value is -2.08. The van der Waals surface area contributed by atoms with Gasteiger partial charge in [0.15, 0.2) is 0 Å². The van der Waals surface area contributed by atoms with E-state index in [-0.39, 0.29) is 23.5 Å². The van der Waals surface area contributed by atoms with Crippen LogP contribution in [-0.2, 0) is 20.7 Å². The number of benzene rings is 1. The van der Waals surface area contributed by atoms with Crippen molar-refractivity contribution in [3.05, 3.63) is 29.8 Å². The standard InChI is InChI=1S/C24H36N2O4/c1-18(2)16-23(28)26-14-12-24(13-15-26)11-10-21(30-24)17-25-22(27)9-6-19-4-7-20(29-3)8-5-19/h4-5,7-8,18,21H,6,9-17H2,1-3H3,(H,25,27)/t21-/m0/s1. The van der Waals surface area contributed by atoms with Gasteiger partial charge in [0, 0.05) is 32.5 Å². The van der Waals surface area contributed by atoms with E-state index >= 15 is 0 Å². The Balaban J connectivity index is 1.35. The fourth-order valence-electron chi connectivity index (χ4n) is 4.42. The number of ether oxygens (including phenoxy) is 2. The molecule has 0 saturated carbocycles. The second-order valence-corrected chi connectivity index (χ2v) is 9.09. The molecule has 0 aromatic heterocycles. The minimum Gasteiger partial charge on any atom is -0.497 e. The maximum atomic E-state index is 12.3. The van der Waals surface area contributed by atoms with Crippen molar-refractivity contribution in [1.29, 1.82) is 0 Å². The Kier molecular flexibility index (Phi) is 7.75. The number of rotatable bonds is 8. The number of piperidine rings is 1. The Morgan fingerprint density at radius 2 is 1.90 bits per heavy atom. The fourth-order valence-corrected chi connectivity index (χ4v) is 4.42. The molecule has 1 N–H and O–H groups in total. The molecule has 1 aromatic rings. The molecule has 0 aliphatic carbocycles. The summed E-state index contributed by atoms with van der Waals surface area (Å²) in [4.78, 5) is 26.5. The lowest BCUT2D eigenvalue weighted by atomic mass is 9.88. The molecule has 2 aliphatic heterocycles. The van der Waals surface area contributed by atoms with E-state index in [1.165, 1.54) is 0 Å². The number of aryl methyl sites for hydroxylation is 1. The third-order valence-electron chi connectivity index (χ3n) is 6.28. The highest BCUT2D eigenvalue weighted by atomic mass is 16.5. The smallest absolute Gasteiger partial charge is 0.222 e.